The van der Waals surface area contributed by atoms with Crippen LogP contribution in [0.3, 0.4) is 0 Å². The predicted octanol–water partition coefficient (Wildman–Crippen LogP) is 7.02. The minimum Gasteiger partial charge on any atom is -0.0827 e. The normalized spacial score (nSPS) is 19.4. The van der Waals surface area contributed by atoms with Gasteiger partial charge in [0.05, 0.1) is 10.0 Å². The van der Waals surface area contributed by atoms with Crippen molar-refractivity contribution < 1.29 is 0 Å². The van der Waals surface area contributed by atoms with E-state index in [0.717, 1.165) is 17.9 Å². The molecule has 116 valence electrons. The lowest BCUT2D eigenvalue weighted by atomic mass is 9.81. The van der Waals surface area contributed by atoms with E-state index >= 15 is 0 Å². The van der Waals surface area contributed by atoms with Gasteiger partial charge in [-0.05, 0) is 47.1 Å². The number of fused-ring (bicyclic) bond motifs is 3. The zero-order valence-corrected chi connectivity index (χ0v) is 14.5. The van der Waals surface area contributed by atoms with E-state index < -0.39 is 0 Å². The summed E-state index contributed by atoms with van der Waals surface area (Å²) in [5.74, 6) is 0.799. The van der Waals surface area contributed by atoms with Crippen LogP contribution < -0.4 is 0 Å². The lowest BCUT2D eigenvalue weighted by Gasteiger charge is -2.23. The van der Waals surface area contributed by atoms with Crippen LogP contribution in [0.4, 0.5) is 0 Å². The number of benzene rings is 2. The van der Waals surface area contributed by atoms with E-state index in [0.29, 0.717) is 16.9 Å². The van der Waals surface area contributed by atoms with Crippen molar-refractivity contribution in [3.63, 3.8) is 0 Å². The Balaban J connectivity index is 1.81. The molecule has 0 N–H and O–H groups in total. The molecule has 0 heterocycles. The molecule has 0 amide bonds. The van der Waals surface area contributed by atoms with E-state index in [1.807, 2.05) is 6.07 Å². The Hall–Kier alpha value is -1.50. The van der Waals surface area contributed by atoms with Crippen molar-refractivity contribution in [2.24, 2.45) is 5.92 Å². The molecule has 0 spiro atoms. The third-order valence-corrected chi connectivity index (χ3v) is 5.85. The highest BCUT2D eigenvalue weighted by molar-refractivity contribution is 6.43. The van der Waals surface area contributed by atoms with Crippen molar-refractivity contribution in [2.75, 3.05) is 0 Å². The minimum atomic E-state index is 0.314. The Morgan fingerprint density at radius 2 is 1.91 bits per heavy atom. The lowest BCUT2D eigenvalue weighted by Crippen LogP contribution is -2.10. The topological polar surface area (TPSA) is 0 Å². The Morgan fingerprint density at radius 1 is 1.09 bits per heavy atom. The molecule has 0 aliphatic heterocycles. The molecule has 2 aliphatic carbocycles. The minimum absolute atomic E-state index is 0.314. The first-order valence-corrected chi connectivity index (χ1v) is 8.84. The largest absolute Gasteiger partial charge is 0.0827 e. The van der Waals surface area contributed by atoms with Crippen LogP contribution in [0.15, 0.2) is 60.2 Å². The molecule has 0 nitrogen and oxygen atoms in total. The second kappa shape index (κ2) is 5.85. The van der Waals surface area contributed by atoms with Gasteiger partial charge in [0, 0.05) is 5.92 Å². The average Bonchev–Trinajstić information content (AvgIpc) is 3.16. The number of allylic oxidation sites excluding steroid dienone is 4. The summed E-state index contributed by atoms with van der Waals surface area (Å²) in [5, 5.41) is 1.37. The maximum Gasteiger partial charge on any atom is 0.0636 e. The highest BCUT2D eigenvalue weighted by Gasteiger charge is 2.34. The van der Waals surface area contributed by atoms with Gasteiger partial charge in [0.25, 0.3) is 0 Å². The summed E-state index contributed by atoms with van der Waals surface area (Å²) in [4.78, 5) is 0. The van der Waals surface area contributed by atoms with Crippen molar-refractivity contribution in [1.82, 2.24) is 0 Å². The summed E-state index contributed by atoms with van der Waals surface area (Å²) in [6, 6.07) is 12.7. The molecule has 0 saturated heterocycles. The van der Waals surface area contributed by atoms with E-state index in [1.165, 1.54) is 27.8 Å². The van der Waals surface area contributed by atoms with Gasteiger partial charge < -0.3 is 0 Å². The molecule has 0 fully saturated rings. The summed E-state index contributed by atoms with van der Waals surface area (Å²) in [5.41, 5.74) is 6.63. The van der Waals surface area contributed by atoms with Crippen LogP contribution in [0.25, 0.3) is 11.1 Å². The Labute approximate surface area is 147 Å². The number of halogens is 2. The molecule has 4 rings (SSSR count). The summed E-state index contributed by atoms with van der Waals surface area (Å²) in [7, 11) is 0. The lowest BCUT2D eigenvalue weighted by molar-refractivity contribution is 0.512. The fourth-order valence-electron chi connectivity index (χ4n) is 4.04. The highest BCUT2D eigenvalue weighted by Crippen LogP contribution is 2.53. The van der Waals surface area contributed by atoms with Gasteiger partial charge in [-0.3, -0.25) is 0 Å². The molecule has 2 aromatic carbocycles. The molecule has 2 unspecified atom stereocenters. The maximum absolute atomic E-state index is 6.63. The summed E-state index contributed by atoms with van der Waals surface area (Å²) < 4.78 is 0. The predicted molar refractivity (Wildman–Crippen MR) is 99.4 cm³/mol. The van der Waals surface area contributed by atoms with E-state index in [1.54, 1.807) is 0 Å². The maximum atomic E-state index is 6.63. The van der Waals surface area contributed by atoms with Gasteiger partial charge in [0.1, 0.15) is 0 Å². The first kappa shape index (κ1) is 15.1. The number of rotatable bonds is 3. The van der Waals surface area contributed by atoms with Crippen LogP contribution in [0, 0.1) is 5.92 Å². The quantitative estimate of drug-likeness (QED) is 0.563. The second-order valence-corrected chi connectivity index (χ2v) is 7.31. The molecule has 2 aromatic rings. The first-order chi connectivity index (χ1) is 11.2. The van der Waals surface area contributed by atoms with Crippen molar-refractivity contribution in [3.05, 3.63) is 81.4 Å². The Bertz CT molecular complexity index is 830. The van der Waals surface area contributed by atoms with Gasteiger partial charge in [-0.25, -0.2) is 0 Å². The van der Waals surface area contributed by atoms with Crippen LogP contribution in [-0.2, 0) is 0 Å². The van der Waals surface area contributed by atoms with Gasteiger partial charge in [0.15, 0.2) is 0 Å². The summed E-state index contributed by atoms with van der Waals surface area (Å²) >= 11 is 12.9. The van der Waals surface area contributed by atoms with E-state index in [2.05, 4.69) is 55.5 Å². The number of hydrogen-bond donors (Lipinski definition) is 0. The third-order valence-electron chi connectivity index (χ3n) is 5.03. The molecular formula is C21H18Cl2. The standard InChI is InChI=1S/C21H18Cl2/c1-13(12-14-6-2-3-7-14)19-16-9-5-4-8-15(16)17-10-11-18(22)21(23)20(17)19/h2-6,8-11,13,19H,7,12H2,1H3. The van der Waals surface area contributed by atoms with Gasteiger partial charge in [-0.1, -0.05) is 84.3 Å². The Kier molecular flexibility index (Phi) is 3.83. The van der Waals surface area contributed by atoms with Gasteiger partial charge >= 0.3 is 0 Å². The van der Waals surface area contributed by atoms with Crippen LogP contribution >= 0.6 is 23.2 Å². The molecule has 0 radical (unpaired) electrons. The average molecular weight is 341 g/mol. The molecule has 23 heavy (non-hydrogen) atoms. The van der Waals surface area contributed by atoms with Crippen LogP contribution in [0.5, 0.6) is 0 Å². The van der Waals surface area contributed by atoms with Gasteiger partial charge in [0.2, 0.25) is 0 Å². The van der Waals surface area contributed by atoms with Crippen molar-refractivity contribution in [2.45, 2.75) is 25.7 Å². The van der Waals surface area contributed by atoms with Crippen molar-refractivity contribution >= 4 is 23.2 Å². The molecule has 0 saturated carbocycles. The molecular weight excluding hydrogens is 323 g/mol. The highest BCUT2D eigenvalue weighted by atomic mass is 35.5. The summed E-state index contributed by atoms with van der Waals surface area (Å²) in [6.45, 7) is 2.33. The second-order valence-electron chi connectivity index (χ2n) is 6.53. The smallest absolute Gasteiger partial charge is 0.0636 e. The van der Waals surface area contributed by atoms with Crippen LogP contribution in [0.1, 0.15) is 36.8 Å². The van der Waals surface area contributed by atoms with E-state index in [4.69, 9.17) is 23.2 Å². The first-order valence-electron chi connectivity index (χ1n) is 8.08. The van der Waals surface area contributed by atoms with Gasteiger partial charge in [-0.15, -0.1) is 0 Å². The van der Waals surface area contributed by atoms with Crippen molar-refractivity contribution in [1.29, 1.82) is 0 Å². The van der Waals surface area contributed by atoms with Gasteiger partial charge in [-0.2, -0.15) is 0 Å². The SMILES string of the molecule is CC(CC1=CC=CC1)C1c2ccccc2-c2ccc(Cl)c(Cl)c21. The van der Waals surface area contributed by atoms with E-state index in [-0.39, 0.29) is 0 Å². The summed E-state index contributed by atoms with van der Waals surface area (Å²) in [6.07, 6.45) is 8.80. The van der Waals surface area contributed by atoms with E-state index in [9.17, 15) is 0 Å². The monoisotopic (exact) mass is 340 g/mol. The molecule has 0 bridgehead atoms. The Morgan fingerprint density at radius 3 is 2.70 bits per heavy atom. The molecule has 2 heteroatoms. The zero-order valence-electron chi connectivity index (χ0n) is 13.0. The van der Waals surface area contributed by atoms with Crippen LogP contribution in [-0.4, -0.2) is 0 Å². The third kappa shape index (κ3) is 2.45. The molecule has 2 aliphatic rings. The molecule has 2 atom stereocenters. The zero-order chi connectivity index (χ0) is 16.0. The fraction of sp³-hybridized carbons (Fsp3) is 0.238. The number of hydrogen-bond acceptors (Lipinski definition) is 0. The fourth-order valence-corrected chi connectivity index (χ4v) is 4.49. The van der Waals surface area contributed by atoms with Crippen LogP contribution in [0.2, 0.25) is 10.0 Å². The van der Waals surface area contributed by atoms with Crippen molar-refractivity contribution in [3.8, 4) is 11.1 Å². The molecule has 0 aromatic heterocycles.